The van der Waals surface area contributed by atoms with Gasteiger partial charge < -0.3 is 9.42 Å². The molecular weight excluding hydrogens is 390 g/mol. The summed E-state index contributed by atoms with van der Waals surface area (Å²) in [5, 5.41) is 11.9. The smallest absolute Gasteiger partial charge is 0.275 e. The number of aromatic amines is 1. The molecule has 7 nitrogen and oxygen atoms in total. The molecule has 1 atom stereocenters. The number of aromatic nitrogens is 4. The molecule has 2 aromatic heterocycles. The maximum atomic E-state index is 12.5. The summed E-state index contributed by atoms with van der Waals surface area (Å²) in [6, 6.07) is 18.9. The number of benzene rings is 2. The molecule has 1 fully saturated rings. The molecule has 4 aromatic rings. The molecule has 1 unspecified atom stereocenters. The SMILES string of the molecule is O=C1CC(c2noc(-c3cc(-c4ccccc4)n[nH]3)n2)CN1c1cccc(Cl)c1. The molecule has 8 heteroatoms. The van der Waals surface area contributed by atoms with Crippen LogP contribution in [0.15, 0.2) is 65.2 Å². The van der Waals surface area contributed by atoms with Crippen LogP contribution >= 0.6 is 11.6 Å². The Hall–Kier alpha value is -3.45. The van der Waals surface area contributed by atoms with Crippen molar-refractivity contribution in [3.8, 4) is 22.8 Å². The Morgan fingerprint density at radius 3 is 2.79 bits per heavy atom. The number of hydrogen-bond donors (Lipinski definition) is 1. The minimum atomic E-state index is -0.143. The van der Waals surface area contributed by atoms with E-state index in [-0.39, 0.29) is 11.8 Å². The molecule has 2 aromatic carbocycles. The highest BCUT2D eigenvalue weighted by molar-refractivity contribution is 6.30. The molecule has 1 N–H and O–H groups in total. The summed E-state index contributed by atoms with van der Waals surface area (Å²) < 4.78 is 5.42. The monoisotopic (exact) mass is 405 g/mol. The zero-order valence-electron chi connectivity index (χ0n) is 15.2. The summed E-state index contributed by atoms with van der Waals surface area (Å²) in [6.45, 7) is 0.483. The normalized spacial score (nSPS) is 16.5. The van der Waals surface area contributed by atoms with Crippen molar-refractivity contribution < 1.29 is 9.32 Å². The lowest BCUT2D eigenvalue weighted by atomic mass is 10.1. The number of rotatable bonds is 4. The lowest BCUT2D eigenvalue weighted by Crippen LogP contribution is -2.24. The van der Waals surface area contributed by atoms with E-state index in [9.17, 15) is 4.79 Å². The fraction of sp³-hybridized carbons (Fsp3) is 0.143. The molecule has 1 aliphatic rings. The zero-order chi connectivity index (χ0) is 19.8. The van der Waals surface area contributed by atoms with Crippen molar-refractivity contribution in [2.24, 2.45) is 0 Å². The summed E-state index contributed by atoms with van der Waals surface area (Å²) in [6.07, 6.45) is 0.323. The van der Waals surface area contributed by atoms with Crippen LogP contribution in [0.25, 0.3) is 22.8 Å². The number of amides is 1. The van der Waals surface area contributed by atoms with Crippen molar-refractivity contribution >= 4 is 23.2 Å². The van der Waals surface area contributed by atoms with Crippen LogP contribution in [-0.2, 0) is 4.79 Å². The Bertz CT molecular complexity index is 1170. The second kappa shape index (κ2) is 7.18. The summed E-state index contributed by atoms with van der Waals surface area (Å²) in [5.74, 6) is 0.726. The van der Waals surface area contributed by atoms with Gasteiger partial charge in [0.05, 0.1) is 5.69 Å². The van der Waals surface area contributed by atoms with Crippen LogP contribution in [0, 0.1) is 0 Å². The second-order valence-corrected chi connectivity index (χ2v) is 7.31. The van der Waals surface area contributed by atoms with Gasteiger partial charge in [-0.05, 0) is 24.3 Å². The molecule has 144 valence electrons. The largest absolute Gasteiger partial charge is 0.332 e. The molecule has 0 radical (unpaired) electrons. The highest BCUT2D eigenvalue weighted by Crippen LogP contribution is 2.32. The molecule has 1 aliphatic heterocycles. The van der Waals surface area contributed by atoms with Crippen LogP contribution < -0.4 is 4.90 Å². The van der Waals surface area contributed by atoms with E-state index in [4.69, 9.17) is 16.1 Å². The lowest BCUT2D eigenvalue weighted by molar-refractivity contribution is -0.117. The Balaban J connectivity index is 1.36. The van der Waals surface area contributed by atoms with Gasteiger partial charge in [0.15, 0.2) is 5.82 Å². The third kappa shape index (κ3) is 3.40. The fourth-order valence-corrected chi connectivity index (χ4v) is 3.66. The van der Waals surface area contributed by atoms with Gasteiger partial charge >= 0.3 is 0 Å². The number of carbonyl (C=O) groups excluding carboxylic acids is 1. The van der Waals surface area contributed by atoms with Crippen LogP contribution in [-0.4, -0.2) is 32.8 Å². The summed E-state index contributed by atoms with van der Waals surface area (Å²) in [7, 11) is 0. The first-order chi connectivity index (χ1) is 14.2. The predicted octanol–water partition coefficient (Wildman–Crippen LogP) is 4.30. The van der Waals surface area contributed by atoms with Crippen molar-refractivity contribution in [1.29, 1.82) is 0 Å². The number of anilines is 1. The summed E-state index contributed by atoms with van der Waals surface area (Å²) >= 11 is 6.05. The number of hydrogen-bond acceptors (Lipinski definition) is 5. The van der Waals surface area contributed by atoms with Gasteiger partial charge in [0, 0.05) is 35.2 Å². The lowest BCUT2D eigenvalue weighted by Gasteiger charge is -2.16. The Labute approximate surface area is 171 Å². The highest BCUT2D eigenvalue weighted by atomic mass is 35.5. The van der Waals surface area contributed by atoms with Crippen LogP contribution in [0.5, 0.6) is 0 Å². The van der Waals surface area contributed by atoms with Crippen molar-refractivity contribution in [1.82, 2.24) is 20.3 Å². The van der Waals surface area contributed by atoms with Gasteiger partial charge in [0.25, 0.3) is 5.89 Å². The molecule has 1 amide bonds. The van der Waals surface area contributed by atoms with Crippen molar-refractivity contribution in [2.75, 3.05) is 11.4 Å². The quantitative estimate of drug-likeness (QED) is 0.546. The second-order valence-electron chi connectivity index (χ2n) is 6.88. The van der Waals surface area contributed by atoms with Crippen LogP contribution in [0.2, 0.25) is 5.02 Å². The first-order valence-electron chi connectivity index (χ1n) is 9.18. The third-order valence-electron chi connectivity index (χ3n) is 4.93. The molecule has 0 spiro atoms. The van der Waals surface area contributed by atoms with E-state index < -0.39 is 0 Å². The van der Waals surface area contributed by atoms with Gasteiger partial charge in [-0.1, -0.05) is 53.2 Å². The molecule has 0 aliphatic carbocycles. The van der Waals surface area contributed by atoms with Crippen molar-refractivity contribution in [3.63, 3.8) is 0 Å². The minimum Gasteiger partial charge on any atom is -0.332 e. The average molecular weight is 406 g/mol. The zero-order valence-corrected chi connectivity index (χ0v) is 16.0. The van der Waals surface area contributed by atoms with E-state index in [1.54, 1.807) is 17.0 Å². The van der Waals surface area contributed by atoms with Gasteiger partial charge in [0.2, 0.25) is 5.91 Å². The first-order valence-corrected chi connectivity index (χ1v) is 9.56. The van der Waals surface area contributed by atoms with E-state index in [0.717, 1.165) is 16.9 Å². The standard InChI is InChI=1S/C21H16ClN5O2/c22-15-7-4-8-16(10-15)27-12-14(9-19(27)28)20-23-21(29-26-20)18-11-17(24-25-18)13-5-2-1-3-6-13/h1-8,10-11,14H,9,12H2,(H,24,25). The van der Waals surface area contributed by atoms with Gasteiger partial charge in [-0.15, -0.1) is 0 Å². The van der Waals surface area contributed by atoms with Gasteiger partial charge in [-0.3, -0.25) is 9.89 Å². The number of nitrogens with one attached hydrogen (secondary N) is 1. The molecule has 3 heterocycles. The van der Waals surface area contributed by atoms with Crippen LogP contribution in [0.4, 0.5) is 5.69 Å². The fourth-order valence-electron chi connectivity index (χ4n) is 3.47. The van der Waals surface area contributed by atoms with Crippen molar-refractivity contribution in [2.45, 2.75) is 12.3 Å². The Morgan fingerprint density at radius 2 is 1.97 bits per heavy atom. The molecule has 1 saturated heterocycles. The predicted molar refractivity (Wildman–Crippen MR) is 108 cm³/mol. The minimum absolute atomic E-state index is 0.0107. The van der Waals surface area contributed by atoms with Crippen LogP contribution in [0.3, 0.4) is 0 Å². The summed E-state index contributed by atoms with van der Waals surface area (Å²) in [5.41, 5.74) is 3.20. The van der Waals surface area contributed by atoms with E-state index in [1.165, 1.54) is 0 Å². The number of carbonyl (C=O) groups is 1. The Kier molecular flexibility index (Phi) is 4.37. The van der Waals surface area contributed by atoms with Crippen molar-refractivity contribution in [3.05, 3.63) is 71.5 Å². The number of halogens is 1. The topological polar surface area (TPSA) is 87.9 Å². The van der Waals surface area contributed by atoms with Gasteiger partial charge in [-0.2, -0.15) is 10.1 Å². The molecular formula is C21H16ClN5O2. The molecule has 0 bridgehead atoms. The molecule has 5 rings (SSSR count). The maximum absolute atomic E-state index is 12.5. The maximum Gasteiger partial charge on any atom is 0.275 e. The van der Waals surface area contributed by atoms with E-state index in [0.29, 0.717) is 35.4 Å². The highest BCUT2D eigenvalue weighted by Gasteiger charge is 2.34. The van der Waals surface area contributed by atoms with E-state index in [2.05, 4.69) is 20.3 Å². The molecule has 0 saturated carbocycles. The van der Waals surface area contributed by atoms with E-state index >= 15 is 0 Å². The first kappa shape index (κ1) is 17.6. The summed E-state index contributed by atoms with van der Waals surface area (Å²) in [4.78, 5) is 18.7. The Morgan fingerprint density at radius 1 is 1.10 bits per heavy atom. The average Bonchev–Trinajstić information content (AvgIpc) is 3.48. The van der Waals surface area contributed by atoms with Gasteiger partial charge in [-0.25, -0.2) is 0 Å². The van der Waals surface area contributed by atoms with E-state index in [1.807, 2.05) is 48.5 Å². The van der Waals surface area contributed by atoms with Crippen LogP contribution in [0.1, 0.15) is 18.2 Å². The molecule has 29 heavy (non-hydrogen) atoms. The number of nitrogens with zero attached hydrogens (tertiary/aromatic N) is 4. The third-order valence-corrected chi connectivity index (χ3v) is 5.16. The number of H-pyrrole nitrogens is 1. The van der Waals surface area contributed by atoms with Gasteiger partial charge in [0.1, 0.15) is 5.69 Å².